The first-order valence-corrected chi connectivity index (χ1v) is 29.0. The second-order valence-corrected chi connectivity index (χ2v) is 20.9. The lowest BCUT2D eigenvalue weighted by Gasteiger charge is -2.18. The van der Waals surface area contributed by atoms with Crippen molar-refractivity contribution in [2.24, 2.45) is 0 Å². The molecule has 0 aliphatic heterocycles. The lowest BCUT2D eigenvalue weighted by atomic mass is 10.1. The van der Waals surface area contributed by atoms with Gasteiger partial charge in [-0.05, 0) is 127 Å². The van der Waals surface area contributed by atoms with Crippen LogP contribution in [0.15, 0.2) is 192 Å². The molecule has 0 aliphatic rings. The topological polar surface area (TPSA) is 241 Å². The van der Waals surface area contributed by atoms with Crippen LogP contribution in [0.5, 0.6) is 17.2 Å². The fourth-order valence-corrected chi connectivity index (χ4v) is 9.81. The molecule has 464 valence electrons. The number of aromatic nitrogens is 9. The summed E-state index contributed by atoms with van der Waals surface area (Å²) in [6.07, 6.45) is 5.58. The molecule has 0 bridgehead atoms. The quantitative estimate of drug-likeness (QED) is 0.0380. The van der Waals surface area contributed by atoms with Crippen molar-refractivity contribution in [3.63, 3.8) is 0 Å². The van der Waals surface area contributed by atoms with Gasteiger partial charge in [0.15, 0.2) is 16.3 Å². The van der Waals surface area contributed by atoms with Crippen LogP contribution in [0.3, 0.4) is 0 Å². The number of fused-ring (bicyclic) bond motifs is 3. The fourth-order valence-electron chi connectivity index (χ4n) is 9.81. The average Bonchev–Trinajstić information content (AvgIpc) is 2.03. The van der Waals surface area contributed by atoms with Gasteiger partial charge in [0.2, 0.25) is 0 Å². The molecule has 12 rings (SSSR count). The van der Waals surface area contributed by atoms with E-state index in [4.69, 9.17) is 41.7 Å². The van der Waals surface area contributed by atoms with Crippen molar-refractivity contribution >= 4 is 32.9 Å². The van der Waals surface area contributed by atoms with Gasteiger partial charge in [-0.25, -0.2) is 27.2 Å². The molecular formula is C66H57F3N10O12. The standard InChI is InChI=1S/C66H57F3N10O12/c67-46-7-16-61-55(31-46)58(80)34-64(89-61)43-1-10-52(11-2-43)86-28-25-83-22-19-77-40-49(70-73-77)37-76(38-50-41-78(74-71-50)20-23-84-26-29-87-53-12-3-44(4-13-53)65-35-59(81)56-32-47(68)8-17-62(56)90-65)39-51-42-79(75-72-51)21-24-85-27-30-88-54-14-5-45(6-15-54)66-36-60(82)57-33-48(69)9-18-63(57)91-66/h1-18,31-36,40-42H,19-30,37-39H2. The van der Waals surface area contributed by atoms with Gasteiger partial charge in [-0.3, -0.25) is 19.3 Å². The Balaban J connectivity index is 0.596. The summed E-state index contributed by atoms with van der Waals surface area (Å²) in [4.78, 5) is 39.9. The Hall–Kier alpha value is -10.6. The third-order valence-electron chi connectivity index (χ3n) is 14.3. The van der Waals surface area contributed by atoms with Crippen LogP contribution >= 0.6 is 0 Å². The third kappa shape index (κ3) is 16.0. The Morgan fingerprint density at radius 1 is 0.363 bits per heavy atom. The first-order chi connectivity index (χ1) is 44.5. The van der Waals surface area contributed by atoms with Crippen molar-refractivity contribution in [1.29, 1.82) is 0 Å². The van der Waals surface area contributed by atoms with Gasteiger partial charge in [-0.15, -0.1) is 15.3 Å². The average molecular weight is 1240 g/mol. The zero-order chi connectivity index (χ0) is 62.5. The smallest absolute Gasteiger partial charge is 0.193 e. The summed E-state index contributed by atoms with van der Waals surface area (Å²) in [5, 5.41) is 26.9. The van der Waals surface area contributed by atoms with Crippen molar-refractivity contribution < 1.29 is 54.8 Å². The monoisotopic (exact) mass is 1240 g/mol. The number of halogens is 3. The molecule has 0 amide bonds. The van der Waals surface area contributed by atoms with Gasteiger partial charge in [0.1, 0.15) is 88.6 Å². The van der Waals surface area contributed by atoms with Crippen LogP contribution in [-0.2, 0) is 53.5 Å². The minimum Gasteiger partial charge on any atom is -0.491 e. The maximum Gasteiger partial charge on any atom is 0.193 e. The van der Waals surface area contributed by atoms with Crippen LogP contribution in [-0.4, -0.2) is 109 Å². The number of hydrogen-bond donors (Lipinski definition) is 0. The number of benzene rings is 6. The molecule has 6 aromatic carbocycles. The van der Waals surface area contributed by atoms with E-state index < -0.39 is 17.5 Å². The molecule has 0 fully saturated rings. The van der Waals surface area contributed by atoms with Crippen molar-refractivity contribution in [2.75, 3.05) is 59.5 Å². The molecular weight excluding hydrogens is 1180 g/mol. The highest BCUT2D eigenvalue weighted by Gasteiger charge is 2.17. The van der Waals surface area contributed by atoms with Crippen molar-refractivity contribution in [3.8, 4) is 51.2 Å². The number of hydrogen-bond acceptors (Lipinski definition) is 19. The first-order valence-electron chi connectivity index (χ1n) is 29.0. The minimum absolute atomic E-state index is 0.177. The Morgan fingerprint density at radius 2 is 0.659 bits per heavy atom. The van der Waals surface area contributed by atoms with Gasteiger partial charge in [0, 0.05) is 73.1 Å². The third-order valence-corrected chi connectivity index (χ3v) is 14.3. The molecule has 91 heavy (non-hydrogen) atoms. The molecule has 12 aromatic rings. The summed E-state index contributed by atoms with van der Waals surface area (Å²) in [7, 11) is 0. The highest BCUT2D eigenvalue weighted by molar-refractivity contribution is 5.80. The van der Waals surface area contributed by atoms with E-state index in [-0.39, 0.29) is 52.3 Å². The Labute approximate surface area is 515 Å². The molecule has 25 heteroatoms. The second-order valence-electron chi connectivity index (χ2n) is 20.9. The van der Waals surface area contributed by atoms with Crippen LogP contribution in [0, 0.1) is 17.5 Å². The summed E-state index contributed by atoms with van der Waals surface area (Å²) >= 11 is 0. The van der Waals surface area contributed by atoms with Gasteiger partial charge >= 0.3 is 0 Å². The van der Waals surface area contributed by atoms with E-state index in [1.54, 1.807) is 86.8 Å². The van der Waals surface area contributed by atoms with Gasteiger partial charge in [0.25, 0.3) is 0 Å². The van der Waals surface area contributed by atoms with Crippen LogP contribution in [0.1, 0.15) is 17.1 Å². The lowest BCUT2D eigenvalue weighted by molar-refractivity contribution is 0.0923. The van der Waals surface area contributed by atoms with Crippen LogP contribution in [0.25, 0.3) is 66.9 Å². The summed E-state index contributed by atoms with van der Waals surface area (Å²) in [5.74, 6) is 1.38. The highest BCUT2D eigenvalue weighted by Crippen LogP contribution is 2.28. The molecule has 0 saturated carbocycles. The summed E-state index contributed by atoms with van der Waals surface area (Å²) in [6, 6.07) is 36.9. The van der Waals surface area contributed by atoms with E-state index >= 15 is 0 Å². The van der Waals surface area contributed by atoms with Gasteiger partial charge in [0.05, 0.1) is 92.5 Å². The second kappa shape index (κ2) is 28.7. The summed E-state index contributed by atoms with van der Waals surface area (Å²) in [5.41, 5.74) is 4.02. The van der Waals surface area contributed by atoms with Crippen LogP contribution in [0.2, 0.25) is 0 Å². The van der Waals surface area contributed by atoms with E-state index in [0.29, 0.717) is 164 Å². The maximum absolute atomic E-state index is 13.7. The molecule has 0 saturated heterocycles. The molecule has 0 unspecified atom stereocenters. The first kappa shape index (κ1) is 60.7. The summed E-state index contributed by atoms with van der Waals surface area (Å²) < 4.78 is 99.0. The molecule has 6 heterocycles. The van der Waals surface area contributed by atoms with Crippen LogP contribution < -0.4 is 30.5 Å². The van der Waals surface area contributed by atoms with E-state index in [1.807, 2.05) is 18.6 Å². The molecule has 22 nitrogen and oxygen atoms in total. The molecule has 0 atom stereocenters. The highest BCUT2D eigenvalue weighted by atomic mass is 19.1. The largest absolute Gasteiger partial charge is 0.491 e. The van der Waals surface area contributed by atoms with Gasteiger partial charge in [-0.1, -0.05) is 15.6 Å². The molecule has 0 N–H and O–H groups in total. The SMILES string of the molecule is O=c1cc(-c2ccc(OCCOCCn3cc(CN(Cc4cn(CCOCCOc5ccc(-c6cc(=O)c7cc(F)ccc7o6)cc5)nn4)Cc4cn(CCOCCOc5ccc(-c6cc(=O)c7cc(F)ccc7o6)cc5)nn4)nn3)cc2)oc2ccc(F)cc12. The van der Waals surface area contributed by atoms with E-state index in [2.05, 4.69) is 35.8 Å². The Kier molecular flexibility index (Phi) is 19.1. The number of ether oxygens (including phenoxy) is 6. The number of nitrogens with zero attached hydrogens (tertiary/aromatic N) is 10. The maximum atomic E-state index is 13.7. The Bertz CT molecular complexity index is 4170. The Morgan fingerprint density at radius 3 is 0.956 bits per heavy atom. The predicted molar refractivity (Wildman–Crippen MR) is 326 cm³/mol. The summed E-state index contributed by atoms with van der Waals surface area (Å²) in [6.45, 7) is 5.37. The normalized spacial score (nSPS) is 11.6. The van der Waals surface area contributed by atoms with Crippen molar-refractivity contribution in [3.05, 3.63) is 229 Å². The molecule has 0 radical (unpaired) electrons. The molecule has 0 aliphatic carbocycles. The van der Waals surface area contributed by atoms with Crippen molar-refractivity contribution in [1.82, 2.24) is 49.9 Å². The van der Waals surface area contributed by atoms with Gasteiger partial charge in [-0.2, -0.15) is 0 Å². The van der Waals surface area contributed by atoms with Crippen molar-refractivity contribution in [2.45, 2.75) is 39.3 Å². The van der Waals surface area contributed by atoms with E-state index in [1.165, 1.54) is 54.6 Å². The fraction of sp³-hybridized carbons (Fsp3) is 0.227. The van der Waals surface area contributed by atoms with Crippen LogP contribution in [0.4, 0.5) is 13.2 Å². The van der Waals surface area contributed by atoms with Gasteiger partial charge < -0.3 is 41.7 Å². The molecule has 0 spiro atoms. The zero-order valence-corrected chi connectivity index (χ0v) is 48.7. The number of rotatable bonds is 30. The van der Waals surface area contributed by atoms with E-state index in [9.17, 15) is 27.6 Å². The predicted octanol–water partition coefficient (Wildman–Crippen LogP) is 9.69. The molecule has 6 aromatic heterocycles. The minimum atomic E-state index is -0.509. The zero-order valence-electron chi connectivity index (χ0n) is 48.7. The van der Waals surface area contributed by atoms with E-state index in [0.717, 1.165) is 18.2 Å². The lowest BCUT2D eigenvalue weighted by Crippen LogP contribution is -2.23.